The van der Waals surface area contributed by atoms with Gasteiger partial charge in [-0.25, -0.2) is 4.39 Å². The highest BCUT2D eigenvalue weighted by atomic mass is 19.1. The minimum Gasteiger partial charge on any atom is -0.374 e. The number of carbonyl (C=O) groups is 1. The van der Waals surface area contributed by atoms with Gasteiger partial charge in [0.25, 0.3) is 0 Å². The van der Waals surface area contributed by atoms with Gasteiger partial charge >= 0.3 is 0 Å². The highest BCUT2D eigenvalue weighted by Gasteiger charge is 2.15. The molecule has 0 aromatic heterocycles. The van der Waals surface area contributed by atoms with Crippen molar-refractivity contribution >= 4 is 11.5 Å². The molecule has 1 heterocycles. The fourth-order valence-electron chi connectivity index (χ4n) is 2.77. The maximum Gasteiger partial charge on any atom is 0.187 e. The summed E-state index contributed by atoms with van der Waals surface area (Å²) in [6.07, 6.45) is 3.52. The second-order valence-electron chi connectivity index (χ2n) is 6.05. The number of carbonyl (C=O) groups excluding carboxylic acids is 1. The summed E-state index contributed by atoms with van der Waals surface area (Å²) in [6, 6.07) is 14.2. The maximum absolute atomic E-state index is 13.0. The average Bonchev–Trinajstić information content (AvgIpc) is 2.61. The van der Waals surface area contributed by atoms with E-state index in [0.717, 1.165) is 37.4 Å². The third-order valence-corrected chi connectivity index (χ3v) is 4.28. The second kappa shape index (κ2) is 7.30. The van der Waals surface area contributed by atoms with Crippen LogP contribution in [0.3, 0.4) is 0 Å². The topological polar surface area (TPSA) is 23.6 Å². The first kappa shape index (κ1) is 16.2. The number of aryl methyl sites for hydroxylation is 1. The first-order valence-corrected chi connectivity index (χ1v) is 8.15. The Kier molecular flexibility index (Phi) is 4.94. The van der Waals surface area contributed by atoms with E-state index in [2.05, 4.69) is 9.80 Å². The lowest BCUT2D eigenvalue weighted by Crippen LogP contribution is -2.44. The first-order valence-electron chi connectivity index (χ1n) is 8.15. The van der Waals surface area contributed by atoms with Crippen LogP contribution in [0.2, 0.25) is 0 Å². The van der Waals surface area contributed by atoms with Crippen LogP contribution < -0.4 is 4.90 Å². The zero-order chi connectivity index (χ0) is 16.9. The van der Waals surface area contributed by atoms with E-state index >= 15 is 0 Å². The SMILES string of the molecule is Cc1ccc(C(=O)C=CN2CCN(c3ccc(F)cc3)CC2)cc1. The van der Waals surface area contributed by atoms with E-state index < -0.39 is 0 Å². The van der Waals surface area contributed by atoms with Gasteiger partial charge in [0.05, 0.1) is 0 Å². The zero-order valence-electron chi connectivity index (χ0n) is 13.8. The van der Waals surface area contributed by atoms with Crippen molar-refractivity contribution in [1.29, 1.82) is 0 Å². The summed E-state index contributed by atoms with van der Waals surface area (Å²) in [6.45, 7) is 5.40. The van der Waals surface area contributed by atoms with E-state index in [1.807, 2.05) is 49.5 Å². The molecule has 0 N–H and O–H groups in total. The number of allylic oxidation sites excluding steroid dienone is 1. The Bertz CT molecular complexity index is 714. The van der Waals surface area contributed by atoms with Gasteiger partial charge in [0, 0.05) is 49.7 Å². The third-order valence-electron chi connectivity index (χ3n) is 4.28. The van der Waals surface area contributed by atoms with Gasteiger partial charge in [0.1, 0.15) is 5.82 Å². The molecule has 0 bridgehead atoms. The average molecular weight is 324 g/mol. The summed E-state index contributed by atoms with van der Waals surface area (Å²) in [5.41, 5.74) is 2.89. The number of halogens is 1. The summed E-state index contributed by atoms with van der Waals surface area (Å²) in [4.78, 5) is 16.5. The van der Waals surface area contributed by atoms with Crippen LogP contribution in [0.15, 0.2) is 60.8 Å². The molecule has 0 amide bonds. The monoisotopic (exact) mass is 324 g/mol. The quantitative estimate of drug-likeness (QED) is 0.633. The number of hydrogen-bond acceptors (Lipinski definition) is 3. The molecule has 4 heteroatoms. The molecule has 0 atom stereocenters. The fraction of sp³-hybridized carbons (Fsp3) is 0.250. The number of benzene rings is 2. The largest absolute Gasteiger partial charge is 0.374 e. The molecule has 3 nitrogen and oxygen atoms in total. The molecule has 1 saturated heterocycles. The van der Waals surface area contributed by atoms with E-state index in [4.69, 9.17) is 0 Å². The lowest BCUT2D eigenvalue weighted by atomic mass is 10.1. The van der Waals surface area contributed by atoms with Crippen molar-refractivity contribution in [2.75, 3.05) is 31.1 Å². The van der Waals surface area contributed by atoms with Gasteiger partial charge in [0.2, 0.25) is 0 Å². The molecule has 0 unspecified atom stereocenters. The number of rotatable bonds is 4. The van der Waals surface area contributed by atoms with Crippen LogP contribution in [-0.2, 0) is 0 Å². The predicted molar refractivity (Wildman–Crippen MR) is 94.8 cm³/mol. The van der Waals surface area contributed by atoms with Crippen molar-refractivity contribution in [2.24, 2.45) is 0 Å². The van der Waals surface area contributed by atoms with E-state index in [-0.39, 0.29) is 11.6 Å². The lowest BCUT2D eigenvalue weighted by molar-refractivity contribution is 0.104. The van der Waals surface area contributed by atoms with Crippen molar-refractivity contribution in [3.63, 3.8) is 0 Å². The molecule has 2 aromatic rings. The number of anilines is 1. The van der Waals surface area contributed by atoms with E-state index in [1.54, 1.807) is 6.08 Å². The highest BCUT2D eigenvalue weighted by molar-refractivity contribution is 6.04. The van der Waals surface area contributed by atoms with Gasteiger partial charge in [-0.15, -0.1) is 0 Å². The van der Waals surface area contributed by atoms with Crippen LogP contribution in [0.5, 0.6) is 0 Å². The van der Waals surface area contributed by atoms with Crippen LogP contribution in [0, 0.1) is 12.7 Å². The Morgan fingerprint density at radius 1 is 0.958 bits per heavy atom. The number of hydrogen-bond donors (Lipinski definition) is 0. The van der Waals surface area contributed by atoms with Crippen LogP contribution in [0.25, 0.3) is 0 Å². The minimum absolute atomic E-state index is 0.0240. The minimum atomic E-state index is -0.213. The van der Waals surface area contributed by atoms with Crippen molar-refractivity contribution in [1.82, 2.24) is 4.90 Å². The van der Waals surface area contributed by atoms with Crippen LogP contribution in [-0.4, -0.2) is 36.9 Å². The van der Waals surface area contributed by atoms with Gasteiger partial charge in [-0.1, -0.05) is 29.8 Å². The molecule has 2 aromatic carbocycles. The molecule has 0 radical (unpaired) electrons. The van der Waals surface area contributed by atoms with Gasteiger partial charge in [-0.3, -0.25) is 4.79 Å². The Morgan fingerprint density at radius 3 is 2.21 bits per heavy atom. The number of piperazine rings is 1. The van der Waals surface area contributed by atoms with Crippen molar-refractivity contribution < 1.29 is 9.18 Å². The number of ketones is 1. The van der Waals surface area contributed by atoms with Crippen LogP contribution in [0.4, 0.5) is 10.1 Å². The Hall–Kier alpha value is -2.62. The summed E-state index contributed by atoms with van der Waals surface area (Å²) >= 11 is 0. The molecule has 1 aliphatic rings. The third kappa shape index (κ3) is 4.02. The molecule has 24 heavy (non-hydrogen) atoms. The highest BCUT2D eigenvalue weighted by Crippen LogP contribution is 2.17. The van der Waals surface area contributed by atoms with Gasteiger partial charge < -0.3 is 9.80 Å². The van der Waals surface area contributed by atoms with Crippen molar-refractivity contribution in [2.45, 2.75) is 6.92 Å². The Balaban J connectivity index is 1.54. The molecule has 124 valence electrons. The second-order valence-corrected chi connectivity index (χ2v) is 6.05. The van der Waals surface area contributed by atoms with E-state index in [9.17, 15) is 9.18 Å². The summed E-state index contributed by atoms with van der Waals surface area (Å²) in [5.74, 6) is -0.189. The molecule has 3 rings (SSSR count). The molecule has 1 fully saturated rings. The van der Waals surface area contributed by atoms with Gasteiger partial charge in [-0.2, -0.15) is 0 Å². The molecule has 0 spiro atoms. The standard InChI is InChI=1S/C20H21FN2O/c1-16-2-4-17(5-3-16)20(24)10-11-22-12-14-23(15-13-22)19-8-6-18(21)7-9-19/h2-11H,12-15H2,1H3. The molecular formula is C20H21FN2O. The zero-order valence-corrected chi connectivity index (χ0v) is 13.8. The van der Waals surface area contributed by atoms with E-state index in [1.165, 1.54) is 12.1 Å². The smallest absolute Gasteiger partial charge is 0.187 e. The predicted octanol–water partition coefficient (Wildman–Crippen LogP) is 3.65. The molecule has 0 aliphatic carbocycles. The van der Waals surface area contributed by atoms with Crippen LogP contribution >= 0.6 is 0 Å². The number of nitrogens with zero attached hydrogens (tertiary/aromatic N) is 2. The van der Waals surface area contributed by atoms with Crippen LogP contribution in [0.1, 0.15) is 15.9 Å². The Morgan fingerprint density at radius 2 is 1.58 bits per heavy atom. The van der Waals surface area contributed by atoms with Gasteiger partial charge in [0.15, 0.2) is 5.78 Å². The summed E-state index contributed by atoms with van der Waals surface area (Å²) in [5, 5.41) is 0. The normalized spacial score (nSPS) is 15.1. The summed E-state index contributed by atoms with van der Waals surface area (Å²) in [7, 11) is 0. The van der Waals surface area contributed by atoms with Crippen molar-refractivity contribution in [3.05, 3.63) is 77.8 Å². The molecular weight excluding hydrogens is 303 g/mol. The van der Waals surface area contributed by atoms with Crippen molar-refractivity contribution in [3.8, 4) is 0 Å². The lowest BCUT2D eigenvalue weighted by Gasteiger charge is -2.35. The first-order chi connectivity index (χ1) is 11.6. The molecule has 0 saturated carbocycles. The molecule has 1 aliphatic heterocycles. The Labute approximate surface area is 142 Å². The van der Waals surface area contributed by atoms with Gasteiger partial charge in [-0.05, 0) is 31.2 Å². The maximum atomic E-state index is 13.0. The van der Waals surface area contributed by atoms with E-state index in [0.29, 0.717) is 5.56 Å². The fourth-order valence-corrected chi connectivity index (χ4v) is 2.77. The summed E-state index contributed by atoms with van der Waals surface area (Å²) < 4.78 is 13.0.